The van der Waals surface area contributed by atoms with Gasteiger partial charge in [0.05, 0.1) is 5.56 Å². The van der Waals surface area contributed by atoms with Crippen molar-refractivity contribution in [3.63, 3.8) is 0 Å². The molecular weight excluding hydrogens is 324 g/mol. The minimum absolute atomic E-state index is 0.108. The Morgan fingerprint density at radius 3 is 2.38 bits per heavy atom. The smallest absolute Gasteiger partial charge is 0.254 e. The topological polar surface area (TPSA) is 63.4 Å². The number of ketones is 1. The molecule has 0 bridgehead atoms. The Hall–Kier alpha value is -2.17. The maximum Gasteiger partial charge on any atom is 0.254 e. The normalized spacial score (nSPS) is 17.1. The van der Waals surface area contributed by atoms with Crippen LogP contribution in [0, 0.1) is 5.92 Å². The number of amides is 1. The highest BCUT2D eigenvalue weighted by molar-refractivity contribution is 6.30. The van der Waals surface area contributed by atoms with E-state index in [1.807, 2.05) is 0 Å². The molecule has 0 radical (unpaired) electrons. The Kier molecular flexibility index (Phi) is 4.97. The standard InChI is InChI=1S/C19H19ClN2O2/c20-15-7-5-14(6-8-15)18(23)16-3-1-2-4-17(16)19(24)22-10-9-13(11-21)12-22/h1-8,13H,9-12,21H2/t13-/m0/s1. The van der Waals surface area contributed by atoms with Crippen molar-refractivity contribution in [3.8, 4) is 0 Å². The summed E-state index contributed by atoms with van der Waals surface area (Å²) in [6.07, 6.45) is 0.912. The molecule has 0 aromatic heterocycles. The molecule has 1 aliphatic rings. The molecule has 24 heavy (non-hydrogen) atoms. The minimum atomic E-state index is -0.176. The predicted octanol–water partition coefficient (Wildman–Crippen LogP) is 2.99. The van der Waals surface area contributed by atoms with Gasteiger partial charge in [0.25, 0.3) is 5.91 Å². The quantitative estimate of drug-likeness (QED) is 0.869. The predicted molar refractivity (Wildman–Crippen MR) is 94.4 cm³/mol. The first-order valence-corrected chi connectivity index (χ1v) is 8.36. The highest BCUT2D eigenvalue weighted by Gasteiger charge is 2.28. The Bertz CT molecular complexity index is 758. The van der Waals surface area contributed by atoms with Gasteiger partial charge < -0.3 is 10.6 Å². The van der Waals surface area contributed by atoms with Crippen LogP contribution in [0.15, 0.2) is 48.5 Å². The lowest BCUT2D eigenvalue weighted by atomic mass is 9.97. The van der Waals surface area contributed by atoms with Crippen molar-refractivity contribution in [1.29, 1.82) is 0 Å². The van der Waals surface area contributed by atoms with Crippen molar-refractivity contribution in [3.05, 3.63) is 70.2 Å². The van der Waals surface area contributed by atoms with Crippen LogP contribution in [-0.2, 0) is 0 Å². The van der Waals surface area contributed by atoms with Crippen molar-refractivity contribution < 1.29 is 9.59 Å². The summed E-state index contributed by atoms with van der Waals surface area (Å²) in [5, 5.41) is 0.570. The van der Waals surface area contributed by atoms with E-state index in [-0.39, 0.29) is 11.7 Å². The van der Waals surface area contributed by atoms with E-state index in [4.69, 9.17) is 17.3 Å². The fourth-order valence-electron chi connectivity index (χ4n) is 3.00. The number of rotatable bonds is 4. The summed E-state index contributed by atoms with van der Waals surface area (Å²) in [6.45, 7) is 1.91. The van der Waals surface area contributed by atoms with Gasteiger partial charge in [-0.25, -0.2) is 0 Å². The van der Waals surface area contributed by atoms with Crippen LogP contribution in [0.1, 0.15) is 32.7 Å². The molecule has 1 amide bonds. The molecule has 1 fully saturated rings. The lowest BCUT2D eigenvalue weighted by Crippen LogP contribution is -2.31. The largest absolute Gasteiger partial charge is 0.338 e. The summed E-state index contributed by atoms with van der Waals surface area (Å²) in [5.74, 6) is 0.0575. The van der Waals surface area contributed by atoms with Crippen molar-refractivity contribution in [2.45, 2.75) is 6.42 Å². The average Bonchev–Trinajstić information content (AvgIpc) is 3.10. The van der Waals surface area contributed by atoms with Gasteiger partial charge in [0, 0.05) is 29.2 Å². The number of carbonyl (C=O) groups excluding carboxylic acids is 2. The van der Waals surface area contributed by atoms with Gasteiger partial charge in [-0.3, -0.25) is 9.59 Å². The SMILES string of the molecule is NC[C@@H]1CCN(C(=O)c2ccccc2C(=O)c2ccc(Cl)cc2)C1. The summed E-state index contributed by atoms with van der Waals surface area (Å²) in [7, 11) is 0. The van der Waals surface area contributed by atoms with Crippen LogP contribution in [0.4, 0.5) is 0 Å². The Labute approximate surface area is 146 Å². The van der Waals surface area contributed by atoms with Gasteiger partial charge in [-0.05, 0) is 49.2 Å². The number of hydrogen-bond acceptors (Lipinski definition) is 3. The zero-order valence-electron chi connectivity index (χ0n) is 13.2. The molecular formula is C19H19ClN2O2. The first kappa shape index (κ1) is 16.7. The zero-order chi connectivity index (χ0) is 17.1. The first-order valence-electron chi connectivity index (χ1n) is 7.99. The lowest BCUT2D eigenvalue weighted by Gasteiger charge is -2.18. The van der Waals surface area contributed by atoms with Crippen LogP contribution in [0.5, 0.6) is 0 Å². The van der Waals surface area contributed by atoms with Crippen LogP contribution in [0.25, 0.3) is 0 Å². The zero-order valence-corrected chi connectivity index (χ0v) is 14.0. The van der Waals surface area contributed by atoms with Gasteiger partial charge in [0.15, 0.2) is 5.78 Å². The third-order valence-corrected chi connectivity index (χ3v) is 4.67. The lowest BCUT2D eigenvalue weighted by molar-refractivity contribution is 0.0783. The molecule has 2 aromatic rings. The number of nitrogens with two attached hydrogens (primary N) is 1. The van der Waals surface area contributed by atoms with E-state index in [0.717, 1.165) is 6.42 Å². The molecule has 5 heteroatoms. The molecule has 0 spiro atoms. The van der Waals surface area contributed by atoms with Crippen LogP contribution in [0.2, 0.25) is 5.02 Å². The van der Waals surface area contributed by atoms with Gasteiger partial charge in [0.1, 0.15) is 0 Å². The van der Waals surface area contributed by atoms with Crippen LogP contribution in [0.3, 0.4) is 0 Å². The van der Waals surface area contributed by atoms with Gasteiger partial charge in [-0.15, -0.1) is 0 Å². The molecule has 4 nitrogen and oxygen atoms in total. The molecule has 3 rings (SSSR count). The van der Waals surface area contributed by atoms with Gasteiger partial charge in [0.2, 0.25) is 0 Å². The maximum absolute atomic E-state index is 12.8. The van der Waals surface area contributed by atoms with E-state index < -0.39 is 0 Å². The molecule has 2 N–H and O–H groups in total. The fourth-order valence-corrected chi connectivity index (χ4v) is 3.13. The van der Waals surface area contributed by atoms with Crippen molar-refractivity contribution >= 4 is 23.3 Å². The molecule has 0 aliphatic carbocycles. The van der Waals surface area contributed by atoms with E-state index >= 15 is 0 Å². The number of halogens is 1. The fraction of sp³-hybridized carbons (Fsp3) is 0.263. The minimum Gasteiger partial charge on any atom is -0.338 e. The highest BCUT2D eigenvalue weighted by Crippen LogP contribution is 2.22. The second-order valence-electron chi connectivity index (χ2n) is 6.02. The second kappa shape index (κ2) is 7.16. The van der Waals surface area contributed by atoms with E-state index in [9.17, 15) is 9.59 Å². The number of nitrogens with zero attached hydrogens (tertiary/aromatic N) is 1. The number of hydrogen-bond donors (Lipinski definition) is 1. The molecule has 1 heterocycles. The van der Waals surface area contributed by atoms with Crippen molar-refractivity contribution in [2.24, 2.45) is 11.7 Å². The van der Waals surface area contributed by atoms with Crippen LogP contribution >= 0.6 is 11.6 Å². The summed E-state index contributed by atoms with van der Waals surface area (Å²) in [5.41, 5.74) is 7.07. The Balaban J connectivity index is 1.89. The molecule has 0 saturated carbocycles. The highest BCUT2D eigenvalue weighted by atomic mass is 35.5. The van der Waals surface area contributed by atoms with E-state index in [1.54, 1.807) is 53.4 Å². The molecule has 0 unspecified atom stereocenters. The molecule has 124 valence electrons. The van der Waals surface area contributed by atoms with Crippen LogP contribution in [-0.4, -0.2) is 36.2 Å². The van der Waals surface area contributed by atoms with E-state index in [2.05, 4.69) is 0 Å². The first-order chi connectivity index (χ1) is 11.6. The molecule has 1 saturated heterocycles. The third-order valence-electron chi connectivity index (χ3n) is 4.41. The molecule has 1 aliphatic heterocycles. The number of carbonyl (C=O) groups is 2. The molecule has 2 aromatic carbocycles. The Morgan fingerprint density at radius 2 is 1.75 bits per heavy atom. The van der Waals surface area contributed by atoms with Gasteiger partial charge in [-0.2, -0.15) is 0 Å². The third kappa shape index (κ3) is 3.35. The number of benzene rings is 2. The van der Waals surface area contributed by atoms with Gasteiger partial charge in [-0.1, -0.05) is 29.8 Å². The summed E-state index contributed by atoms with van der Waals surface area (Å²) in [6, 6.07) is 13.6. The summed E-state index contributed by atoms with van der Waals surface area (Å²) >= 11 is 5.88. The maximum atomic E-state index is 12.8. The Morgan fingerprint density at radius 1 is 1.08 bits per heavy atom. The summed E-state index contributed by atoms with van der Waals surface area (Å²) in [4.78, 5) is 27.4. The van der Waals surface area contributed by atoms with Gasteiger partial charge >= 0.3 is 0 Å². The second-order valence-corrected chi connectivity index (χ2v) is 6.46. The number of likely N-dealkylation sites (tertiary alicyclic amines) is 1. The van der Waals surface area contributed by atoms with E-state index in [0.29, 0.717) is 47.3 Å². The summed E-state index contributed by atoms with van der Waals surface area (Å²) < 4.78 is 0. The van der Waals surface area contributed by atoms with Crippen molar-refractivity contribution in [2.75, 3.05) is 19.6 Å². The van der Waals surface area contributed by atoms with E-state index in [1.165, 1.54) is 0 Å². The molecule has 1 atom stereocenters. The van der Waals surface area contributed by atoms with Crippen LogP contribution < -0.4 is 5.73 Å². The average molecular weight is 343 g/mol. The van der Waals surface area contributed by atoms with Crippen molar-refractivity contribution in [1.82, 2.24) is 4.90 Å². The monoisotopic (exact) mass is 342 g/mol.